The zero-order valence-electron chi connectivity index (χ0n) is 20.2. The Labute approximate surface area is 204 Å². The highest BCUT2D eigenvalue weighted by Crippen LogP contribution is 2.48. The molecule has 0 bridgehead atoms. The van der Waals surface area contributed by atoms with Gasteiger partial charge in [-0.3, -0.25) is 4.79 Å². The highest BCUT2D eigenvalue weighted by Gasteiger charge is 2.48. The molecular weight excluding hydrogens is 451 g/mol. The summed E-state index contributed by atoms with van der Waals surface area (Å²) in [6.07, 6.45) is 8.03. The van der Waals surface area contributed by atoms with Crippen molar-refractivity contribution in [3.05, 3.63) is 47.6 Å². The highest BCUT2D eigenvalue weighted by atomic mass is 19.1. The molecule has 0 radical (unpaired) electrons. The molecule has 3 heterocycles. The number of hydrogen-bond acceptors (Lipinski definition) is 6. The van der Waals surface area contributed by atoms with Gasteiger partial charge in [0.2, 0.25) is 5.76 Å². The lowest BCUT2D eigenvalue weighted by atomic mass is 9.74. The van der Waals surface area contributed by atoms with Crippen molar-refractivity contribution in [1.82, 2.24) is 15.4 Å². The van der Waals surface area contributed by atoms with Crippen molar-refractivity contribution in [2.45, 2.75) is 69.4 Å². The standard InChI is InChI=1S/C26H33FN4O4/c1-2-34-25(33)29-19-5-3-4-6-20(16-19)30-13-10-26(11-14-30)17-31(24(32)23-9-12-28-35-23)22-8-7-18(27)15-21(22)26/h7-9,12,15,19-20H,2-6,10-11,13-14,16-17H2,1H3,(H,29,33). The number of piperidine rings is 1. The van der Waals surface area contributed by atoms with Crippen LogP contribution in [0.3, 0.4) is 0 Å². The number of anilines is 1. The van der Waals surface area contributed by atoms with E-state index in [4.69, 9.17) is 9.26 Å². The molecule has 3 aliphatic rings. The first-order valence-electron chi connectivity index (χ1n) is 12.7. The number of rotatable bonds is 4. The number of aromatic nitrogens is 1. The Hall–Kier alpha value is -2.94. The maximum atomic E-state index is 14.3. The highest BCUT2D eigenvalue weighted by molar-refractivity contribution is 6.06. The summed E-state index contributed by atoms with van der Waals surface area (Å²) in [5.41, 5.74) is 1.39. The molecule has 1 saturated carbocycles. The van der Waals surface area contributed by atoms with Crippen LogP contribution in [0, 0.1) is 5.82 Å². The van der Waals surface area contributed by atoms with E-state index < -0.39 is 0 Å². The van der Waals surface area contributed by atoms with Crippen LogP contribution in [0.2, 0.25) is 0 Å². The average molecular weight is 485 g/mol. The Morgan fingerprint density at radius 2 is 2.03 bits per heavy atom. The predicted molar refractivity (Wildman–Crippen MR) is 128 cm³/mol. The minimum Gasteiger partial charge on any atom is -0.450 e. The molecule has 2 aromatic rings. The van der Waals surface area contributed by atoms with Crippen molar-refractivity contribution >= 4 is 17.7 Å². The van der Waals surface area contributed by atoms with Crippen molar-refractivity contribution in [3.63, 3.8) is 0 Å². The fourth-order valence-corrected chi connectivity index (χ4v) is 6.16. The Morgan fingerprint density at radius 1 is 1.23 bits per heavy atom. The van der Waals surface area contributed by atoms with Gasteiger partial charge in [-0.2, -0.15) is 0 Å². The molecular formula is C26H33FN4O4. The van der Waals surface area contributed by atoms with Gasteiger partial charge in [-0.1, -0.05) is 18.0 Å². The van der Waals surface area contributed by atoms with E-state index in [0.29, 0.717) is 19.2 Å². The lowest BCUT2D eigenvalue weighted by Gasteiger charge is -2.43. The monoisotopic (exact) mass is 484 g/mol. The Kier molecular flexibility index (Phi) is 6.77. The maximum Gasteiger partial charge on any atom is 0.407 e. The first kappa shape index (κ1) is 23.8. The number of carbonyl (C=O) groups excluding carboxylic acids is 2. The number of benzene rings is 1. The number of halogens is 1. The van der Waals surface area contributed by atoms with Crippen LogP contribution in [-0.4, -0.2) is 60.4 Å². The summed E-state index contributed by atoms with van der Waals surface area (Å²) in [5.74, 6) is -0.337. The van der Waals surface area contributed by atoms with E-state index in [-0.39, 0.29) is 35.0 Å². The van der Waals surface area contributed by atoms with Crippen LogP contribution >= 0.6 is 0 Å². The molecule has 1 saturated heterocycles. The van der Waals surface area contributed by atoms with Gasteiger partial charge in [-0.05, 0) is 75.9 Å². The van der Waals surface area contributed by atoms with Crippen LogP contribution in [0.4, 0.5) is 14.9 Å². The number of ether oxygens (including phenoxy) is 1. The number of nitrogens with zero attached hydrogens (tertiary/aromatic N) is 3. The summed E-state index contributed by atoms with van der Waals surface area (Å²) in [7, 11) is 0. The fourth-order valence-electron chi connectivity index (χ4n) is 6.16. The lowest BCUT2D eigenvalue weighted by Crippen LogP contribution is -2.50. The molecule has 35 heavy (non-hydrogen) atoms. The first-order chi connectivity index (χ1) is 17.0. The zero-order chi connectivity index (χ0) is 24.4. The van der Waals surface area contributed by atoms with Gasteiger partial charge in [0, 0.05) is 35.8 Å². The molecule has 2 atom stereocenters. The second-order valence-corrected chi connectivity index (χ2v) is 9.98. The largest absolute Gasteiger partial charge is 0.450 e. The second kappa shape index (κ2) is 9.97. The van der Waals surface area contributed by atoms with E-state index in [1.807, 2.05) is 6.92 Å². The molecule has 9 heteroatoms. The third-order valence-corrected chi connectivity index (χ3v) is 7.94. The SMILES string of the molecule is CCOC(=O)NC1CCCCC(N2CCC3(CC2)CN(C(=O)c2ccno2)c2ccc(F)cc23)C1. The molecule has 2 amide bonds. The number of fused-ring (bicyclic) bond motifs is 2. The van der Waals surface area contributed by atoms with Crippen LogP contribution in [0.1, 0.15) is 68.0 Å². The van der Waals surface area contributed by atoms with E-state index in [1.54, 1.807) is 23.1 Å². The van der Waals surface area contributed by atoms with Gasteiger partial charge in [0.15, 0.2) is 0 Å². The van der Waals surface area contributed by atoms with Crippen LogP contribution in [0.25, 0.3) is 0 Å². The molecule has 1 aromatic carbocycles. The number of alkyl carbamates (subject to hydrolysis) is 1. The van der Waals surface area contributed by atoms with Gasteiger partial charge in [0.25, 0.3) is 5.91 Å². The van der Waals surface area contributed by atoms with Crippen LogP contribution in [0.5, 0.6) is 0 Å². The zero-order valence-corrected chi connectivity index (χ0v) is 20.2. The molecule has 1 aliphatic carbocycles. The normalized spacial score (nSPS) is 24.1. The number of amides is 2. The van der Waals surface area contributed by atoms with E-state index >= 15 is 0 Å². The van der Waals surface area contributed by atoms with E-state index in [9.17, 15) is 14.0 Å². The summed E-state index contributed by atoms with van der Waals surface area (Å²) in [5, 5.41) is 6.71. The third kappa shape index (κ3) is 4.78. The molecule has 8 nitrogen and oxygen atoms in total. The molecule has 2 aliphatic heterocycles. The van der Waals surface area contributed by atoms with Gasteiger partial charge in [0.1, 0.15) is 5.82 Å². The minimum atomic E-state index is -0.336. The van der Waals surface area contributed by atoms with Gasteiger partial charge in [-0.25, -0.2) is 9.18 Å². The number of likely N-dealkylation sites (tertiary alicyclic amines) is 1. The Bertz CT molecular complexity index is 1050. The van der Waals surface area contributed by atoms with Crippen molar-refractivity contribution in [2.75, 3.05) is 31.1 Å². The quantitative estimate of drug-likeness (QED) is 0.653. The summed E-state index contributed by atoms with van der Waals surface area (Å²) in [6.45, 7) is 4.44. The number of nitrogens with one attached hydrogen (secondary N) is 1. The maximum absolute atomic E-state index is 14.3. The van der Waals surface area contributed by atoms with Crippen molar-refractivity contribution in [3.8, 4) is 0 Å². The molecule has 1 aromatic heterocycles. The van der Waals surface area contributed by atoms with Crippen LogP contribution < -0.4 is 10.2 Å². The topological polar surface area (TPSA) is 87.9 Å². The number of carbonyl (C=O) groups is 2. The average Bonchev–Trinajstić information content (AvgIpc) is 3.42. The predicted octanol–water partition coefficient (Wildman–Crippen LogP) is 4.26. The molecule has 2 unspecified atom stereocenters. The van der Waals surface area contributed by atoms with Gasteiger partial charge >= 0.3 is 6.09 Å². The molecule has 2 fully saturated rings. The van der Waals surface area contributed by atoms with Gasteiger partial charge in [0.05, 0.1) is 12.8 Å². The van der Waals surface area contributed by atoms with E-state index in [1.165, 1.54) is 12.3 Å². The molecule has 5 rings (SSSR count). The van der Waals surface area contributed by atoms with Crippen LogP contribution in [0.15, 0.2) is 35.0 Å². The van der Waals surface area contributed by atoms with E-state index in [2.05, 4.69) is 15.4 Å². The molecule has 188 valence electrons. The second-order valence-electron chi connectivity index (χ2n) is 9.98. The molecule has 1 N–H and O–H groups in total. The van der Waals surface area contributed by atoms with Gasteiger partial charge in [-0.15, -0.1) is 0 Å². The Morgan fingerprint density at radius 3 is 2.77 bits per heavy atom. The van der Waals surface area contributed by atoms with Crippen molar-refractivity contribution in [2.24, 2.45) is 0 Å². The number of hydrogen-bond donors (Lipinski definition) is 1. The summed E-state index contributed by atoms with van der Waals surface area (Å²) >= 11 is 0. The van der Waals surface area contributed by atoms with Crippen molar-refractivity contribution in [1.29, 1.82) is 0 Å². The minimum absolute atomic E-state index is 0.119. The fraction of sp³-hybridized carbons (Fsp3) is 0.577. The summed E-state index contributed by atoms with van der Waals surface area (Å²) < 4.78 is 24.5. The summed E-state index contributed by atoms with van der Waals surface area (Å²) in [4.78, 5) is 29.4. The first-order valence-corrected chi connectivity index (χ1v) is 12.7. The molecule has 1 spiro atoms. The van der Waals surface area contributed by atoms with Crippen LogP contribution in [-0.2, 0) is 10.2 Å². The van der Waals surface area contributed by atoms with Crippen molar-refractivity contribution < 1.29 is 23.2 Å². The van der Waals surface area contributed by atoms with E-state index in [0.717, 1.165) is 69.3 Å². The smallest absolute Gasteiger partial charge is 0.407 e. The Balaban J connectivity index is 1.30. The van der Waals surface area contributed by atoms with Gasteiger partial charge < -0.3 is 24.4 Å². The summed E-state index contributed by atoms with van der Waals surface area (Å²) in [6, 6.07) is 6.79. The lowest BCUT2D eigenvalue weighted by molar-refractivity contribution is 0.0908. The third-order valence-electron chi connectivity index (χ3n) is 7.94.